The highest BCUT2D eigenvalue weighted by Crippen LogP contribution is 2.19. The molecule has 1 fully saturated rings. The minimum absolute atomic E-state index is 0. The van der Waals surface area contributed by atoms with Gasteiger partial charge in [0.25, 0.3) is 0 Å². The van der Waals surface area contributed by atoms with Crippen LogP contribution in [-0.2, 0) is 11.2 Å². The van der Waals surface area contributed by atoms with Crippen LogP contribution in [0.3, 0.4) is 0 Å². The molecule has 0 spiro atoms. The molecule has 5 nitrogen and oxygen atoms in total. The van der Waals surface area contributed by atoms with Gasteiger partial charge in [-0.25, -0.2) is 0 Å². The Hall–Kier alpha value is -1.27. The van der Waals surface area contributed by atoms with Crippen LogP contribution < -0.4 is 5.73 Å². The van der Waals surface area contributed by atoms with Crippen molar-refractivity contribution in [3.05, 3.63) is 36.0 Å². The molecule has 1 amide bonds. The lowest BCUT2D eigenvalue weighted by Gasteiger charge is -2.39. The van der Waals surface area contributed by atoms with Gasteiger partial charge in [-0.1, -0.05) is 18.2 Å². The van der Waals surface area contributed by atoms with Crippen molar-refractivity contribution in [2.45, 2.75) is 25.4 Å². The average molecular weight is 373 g/mol. The van der Waals surface area contributed by atoms with Gasteiger partial charge in [0, 0.05) is 42.8 Å². The summed E-state index contributed by atoms with van der Waals surface area (Å²) in [5.74, 6) is 0.0610. The van der Waals surface area contributed by atoms with Crippen LogP contribution in [0, 0.1) is 0 Å². The maximum atomic E-state index is 12.6. The largest absolute Gasteiger partial charge is 0.361 e. The summed E-state index contributed by atoms with van der Waals surface area (Å²) in [7, 11) is 2.09. The van der Waals surface area contributed by atoms with Gasteiger partial charge < -0.3 is 20.5 Å². The van der Waals surface area contributed by atoms with E-state index in [2.05, 4.69) is 29.9 Å². The Bertz CT molecular complexity index is 675. The minimum Gasteiger partial charge on any atom is -0.361 e. The number of rotatable bonds is 3. The van der Waals surface area contributed by atoms with Gasteiger partial charge in [0.15, 0.2) is 0 Å². The number of nitrogens with one attached hydrogen (secondary N) is 1. The molecule has 2 atom stereocenters. The molecule has 1 aromatic carbocycles. The first-order valence-corrected chi connectivity index (χ1v) is 7.86. The standard InChI is InChI=1S/C17H24N4O.2ClH/c1-12-11-20(2)7-8-21(12)17(22)15(18)9-13-10-19-16-6-4-3-5-14(13)16;;/h3-6,10,12,15,19H,7-9,11,18H2,1-2H3;2*1H/t12?,15-;;/m0../s1. The molecule has 3 N–H and O–H groups in total. The van der Waals surface area contributed by atoms with Crippen LogP contribution in [0.5, 0.6) is 0 Å². The summed E-state index contributed by atoms with van der Waals surface area (Å²) in [5.41, 5.74) is 8.41. The highest BCUT2D eigenvalue weighted by atomic mass is 35.5. The predicted molar refractivity (Wildman–Crippen MR) is 103 cm³/mol. The van der Waals surface area contributed by atoms with Crippen LogP contribution in [0.2, 0.25) is 0 Å². The first kappa shape index (κ1) is 20.8. The van der Waals surface area contributed by atoms with Crippen LogP contribution in [0.25, 0.3) is 10.9 Å². The van der Waals surface area contributed by atoms with E-state index in [0.29, 0.717) is 6.42 Å². The number of nitrogens with zero attached hydrogens (tertiary/aromatic N) is 2. The minimum atomic E-state index is -0.481. The monoisotopic (exact) mass is 372 g/mol. The number of hydrogen-bond donors (Lipinski definition) is 2. The number of piperazine rings is 1. The summed E-state index contributed by atoms with van der Waals surface area (Å²) in [5, 5.41) is 1.15. The molecule has 134 valence electrons. The number of para-hydroxylation sites is 1. The van der Waals surface area contributed by atoms with Gasteiger partial charge in [-0.15, -0.1) is 24.8 Å². The number of hydrogen-bond acceptors (Lipinski definition) is 3. The average Bonchev–Trinajstić information content (AvgIpc) is 2.90. The lowest BCUT2D eigenvalue weighted by Crippen LogP contribution is -2.57. The third-order valence-corrected chi connectivity index (χ3v) is 4.55. The van der Waals surface area contributed by atoms with Crippen LogP contribution in [-0.4, -0.2) is 59.5 Å². The SMILES string of the molecule is CC1CN(C)CCN1C(=O)[C@@H](N)Cc1c[nH]c2ccccc12.Cl.Cl. The lowest BCUT2D eigenvalue weighted by atomic mass is 10.0. The maximum absolute atomic E-state index is 12.6. The Morgan fingerprint density at radius 3 is 2.75 bits per heavy atom. The quantitative estimate of drug-likeness (QED) is 0.866. The fourth-order valence-corrected chi connectivity index (χ4v) is 3.30. The number of fused-ring (bicyclic) bond motifs is 1. The van der Waals surface area contributed by atoms with Gasteiger partial charge in [-0.2, -0.15) is 0 Å². The van der Waals surface area contributed by atoms with Gasteiger partial charge in [0.2, 0.25) is 5.91 Å². The summed E-state index contributed by atoms with van der Waals surface area (Å²) in [6.45, 7) is 4.67. The second-order valence-corrected chi connectivity index (χ2v) is 6.31. The van der Waals surface area contributed by atoms with E-state index in [9.17, 15) is 4.79 Å². The van der Waals surface area contributed by atoms with E-state index >= 15 is 0 Å². The number of aromatic amines is 1. The number of halogens is 2. The molecule has 24 heavy (non-hydrogen) atoms. The molecule has 0 radical (unpaired) electrons. The Morgan fingerprint density at radius 1 is 1.33 bits per heavy atom. The van der Waals surface area contributed by atoms with E-state index in [4.69, 9.17) is 5.73 Å². The van der Waals surface area contributed by atoms with Gasteiger partial charge in [0.1, 0.15) is 0 Å². The first-order chi connectivity index (χ1) is 10.6. The van der Waals surface area contributed by atoms with Crippen molar-refractivity contribution in [3.63, 3.8) is 0 Å². The Kier molecular flexibility index (Phi) is 7.55. The molecule has 1 aliphatic rings. The number of benzene rings is 1. The third kappa shape index (κ3) is 4.22. The van der Waals surface area contributed by atoms with Crippen molar-refractivity contribution in [3.8, 4) is 0 Å². The molecule has 1 aliphatic heterocycles. The molecule has 7 heteroatoms. The molecule has 1 aromatic heterocycles. The zero-order chi connectivity index (χ0) is 15.7. The van der Waals surface area contributed by atoms with Crippen LogP contribution in [0.15, 0.2) is 30.5 Å². The van der Waals surface area contributed by atoms with E-state index in [1.54, 1.807) is 0 Å². The molecule has 1 unspecified atom stereocenters. The molecular formula is C17H26Cl2N4O. The van der Waals surface area contributed by atoms with E-state index < -0.39 is 6.04 Å². The Labute approximate surface area is 155 Å². The van der Waals surface area contributed by atoms with Crippen molar-refractivity contribution < 1.29 is 4.79 Å². The number of aromatic nitrogens is 1. The smallest absolute Gasteiger partial charge is 0.240 e. The summed E-state index contributed by atoms with van der Waals surface area (Å²) in [6, 6.07) is 7.85. The predicted octanol–water partition coefficient (Wildman–Crippen LogP) is 2.04. The number of amides is 1. The van der Waals surface area contributed by atoms with Crippen molar-refractivity contribution in [2.24, 2.45) is 5.73 Å². The van der Waals surface area contributed by atoms with Crippen LogP contribution in [0.1, 0.15) is 12.5 Å². The highest BCUT2D eigenvalue weighted by Gasteiger charge is 2.29. The first-order valence-electron chi connectivity index (χ1n) is 7.86. The molecule has 0 bridgehead atoms. The summed E-state index contributed by atoms with van der Waals surface area (Å²) in [4.78, 5) is 20.1. The normalized spacial score (nSPS) is 19.5. The van der Waals surface area contributed by atoms with E-state index in [1.165, 1.54) is 0 Å². The van der Waals surface area contributed by atoms with Crippen LogP contribution in [0.4, 0.5) is 0 Å². The number of nitrogens with two attached hydrogens (primary N) is 1. The van der Waals surface area contributed by atoms with Gasteiger partial charge in [-0.3, -0.25) is 4.79 Å². The molecule has 0 aliphatic carbocycles. The molecule has 1 saturated heterocycles. The van der Waals surface area contributed by atoms with Gasteiger partial charge in [0.05, 0.1) is 6.04 Å². The molecular weight excluding hydrogens is 347 g/mol. The number of likely N-dealkylation sites (N-methyl/N-ethyl adjacent to an activating group) is 1. The number of carbonyl (C=O) groups excluding carboxylic acids is 1. The molecule has 2 aromatic rings. The highest BCUT2D eigenvalue weighted by molar-refractivity contribution is 5.86. The fraction of sp³-hybridized carbons (Fsp3) is 0.471. The van der Waals surface area contributed by atoms with Crippen molar-refractivity contribution in [1.29, 1.82) is 0 Å². The maximum Gasteiger partial charge on any atom is 0.240 e. The van der Waals surface area contributed by atoms with E-state index in [0.717, 1.165) is 36.1 Å². The number of carbonyl (C=O) groups is 1. The molecule has 2 heterocycles. The van der Waals surface area contributed by atoms with Crippen molar-refractivity contribution >= 4 is 41.6 Å². The molecule has 0 saturated carbocycles. The third-order valence-electron chi connectivity index (χ3n) is 4.55. The van der Waals surface area contributed by atoms with Crippen LogP contribution >= 0.6 is 24.8 Å². The van der Waals surface area contributed by atoms with E-state index in [-0.39, 0.29) is 36.8 Å². The zero-order valence-electron chi connectivity index (χ0n) is 14.1. The Balaban J connectivity index is 0.00000144. The number of H-pyrrole nitrogens is 1. The van der Waals surface area contributed by atoms with Gasteiger partial charge >= 0.3 is 0 Å². The summed E-state index contributed by atoms with van der Waals surface area (Å²) >= 11 is 0. The van der Waals surface area contributed by atoms with Gasteiger partial charge in [-0.05, 0) is 32.0 Å². The summed E-state index contributed by atoms with van der Waals surface area (Å²) in [6.07, 6.45) is 2.53. The lowest BCUT2D eigenvalue weighted by molar-refractivity contribution is -0.136. The second-order valence-electron chi connectivity index (χ2n) is 6.31. The van der Waals surface area contributed by atoms with E-state index in [1.807, 2.05) is 29.3 Å². The molecule has 3 rings (SSSR count). The van der Waals surface area contributed by atoms with Crippen molar-refractivity contribution in [1.82, 2.24) is 14.8 Å². The fourth-order valence-electron chi connectivity index (χ4n) is 3.30. The zero-order valence-corrected chi connectivity index (χ0v) is 15.7. The van der Waals surface area contributed by atoms with Crippen molar-refractivity contribution in [2.75, 3.05) is 26.7 Å². The second kappa shape index (κ2) is 8.72. The summed E-state index contributed by atoms with van der Waals surface area (Å²) < 4.78 is 0. The topological polar surface area (TPSA) is 65.4 Å². The Morgan fingerprint density at radius 2 is 2.04 bits per heavy atom.